The number of guanidine groups is 1. The molecule has 2 saturated heterocycles. The summed E-state index contributed by atoms with van der Waals surface area (Å²) in [4.78, 5) is 6.89. The monoisotopic (exact) mass is 456 g/mol. The van der Waals surface area contributed by atoms with E-state index in [-0.39, 0.29) is 24.0 Å². The van der Waals surface area contributed by atoms with E-state index in [1.807, 2.05) is 18.8 Å². The minimum Gasteiger partial charge on any atom is -0.383 e. The molecule has 1 unspecified atom stereocenters. The summed E-state index contributed by atoms with van der Waals surface area (Å²) in [5, 5.41) is 7.10. The van der Waals surface area contributed by atoms with Crippen molar-refractivity contribution in [3.8, 4) is 0 Å². The molecule has 7 heteroatoms. The first-order chi connectivity index (χ1) is 10.8. The lowest BCUT2D eigenvalue weighted by molar-refractivity contribution is 0.121. The number of methoxy groups -OCH3 is 1. The number of piperidine rings is 1. The molecule has 2 N–H and O–H groups in total. The highest BCUT2D eigenvalue weighted by molar-refractivity contribution is 14.0. The summed E-state index contributed by atoms with van der Waals surface area (Å²) in [6, 6.07) is 0.584. The second-order valence-electron chi connectivity index (χ2n) is 6.29. The van der Waals surface area contributed by atoms with Crippen molar-refractivity contribution in [3.05, 3.63) is 0 Å². The van der Waals surface area contributed by atoms with Crippen LogP contribution in [-0.4, -0.2) is 75.4 Å². The molecule has 23 heavy (non-hydrogen) atoms. The van der Waals surface area contributed by atoms with Crippen molar-refractivity contribution in [2.24, 2.45) is 10.9 Å². The Morgan fingerprint density at radius 2 is 2.09 bits per heavy atom. The summed E-state index contributed by atoms with van der Waals surface area (Å²) < 4.78 is 5.16. The van der Waals surface area contributed by atoms with Gasteiger partial charge >= 0.3 is 0 Å². The average molecular weight is 456 g/mol. The molecule has 0 bridgehead atoms. The lowest BCUT2D eigenvalue weighted by Gasteiger charge is -2.32. The van der Waals surface area contributed by atoms with Crippen LogP contribution in [0.2, 0.25) is 0 Å². The highest BCUT2D eigenvalue weighted by Crippen LogP contribution is 2.17. The zero-order valence-corrected chi connectivity index (χ0v) is 17.7. The Kier molecular flexibility index (Phi) is 11.7. The number of likely N-dealkylation sites (tertiary alicyclic amines) is 1. The van der Waals surface area contributed by atoms with Crippen molar-refractivity contribution in [2.75, 3.05) is 58.4 Å². The fraction of sp³-hybridized carbons (Fsp3) is 0.938. The molecule has 2 aliphatic rings. The molecule has 0 spiro atoms. The van der Waals surface area contributed by atoms with E-state index in [0.717, 1.165) is 31.6 Å². The van der Waals surface area contributed by atoms with Crippen LogP contribution >= 0.6 is 35.7 Å². The number of nitrogens with zero attached hydrogens (tertiary/aromatic N) is 2. The van der Waals surface area contributed by atoms with Crippen LogP contribution in [0.3, 0.4) is 0 Å². The zero-order chi connectivity index (χ0) is 15.6. The molecule has 0 aliphatic carbocycles. The first-order valence-corrected chi connectivity index (χ1v) is 9.73. The van der Waals surface area contributed by atoms with Gasteiger partial charge in [0.2, 0.25) is 0 Å². The van der Waals surface area contributed by atoms with Gasteiger partial charge in [0, 0.05) is 39.0 Å². The molecule has 136 valence electrons. The maximum atomic E-state index is 5.16. The SMILES string of the molecule is CN=C(NCC1CCN(CCOC)CC1)NC1CCCSC1.I. The van der Waals surface area contributed by atoms with Gasteiger partial charge in [0.15, 0.2) is 5.96 Å². The van der Waals surface area contributed by atoms with E-state index >= 15 is 0 Å². The molecule has 0 aromatic carbocycles. The van der Waals surface area contributed by atoms with Gasteiger partial charge in [0.25, 0.3) is 0 Å². The second-order valence-corrected chi connectivity index (χ2v) is 7.44. The van der Waals surface area contributed by atoms with Crippen molar-refractivity contribution in [3.63, 3.8) is 0 Å². The van der Waals surface area contributed by atoms with Gasteiger partial charge < -0.3 is 20.3 Å². The van der Waals surface area contributed by atoms with Gasteiger partial charge in [-0.25, -0.2) is 0 Å². The first kappa shape index (κ1) is 21.3. The van der Waals surface area contributed by atoms with Crippen molar-refractivity contribution in [1.29, 1.82) is 0 Å². The molecule has 2 aliphatic heterocycles. The molecule has 0 aromatic heterocycles. The maximum Gasteiger partial charge on any atom is 0.191 e. The number of ether oxygens (including phenoxy) is 1. The van der Waals surface area contributed by atoms with Crippen LogP contribution in [0.25, 0.3) is 0 Å². The number of thioether (sulfide) groups is 1. The summed E-state index contributed by atoms with van der Waals surface area (Å²) in [6.45, 7) is 5.34. The molecule has 0 saturated carbocycles. The highest BCUT2D eigenvalue weighted by atomic mass is 127. The Balaban J connectivity index is 0.00000264. The lowest BCUT2D eigenvalue weighted by Crippen LogP contribution is -2.47. The van der Waals surface area contributed by atoms with Crippen LogP contribution in [-0.2, 0) is 4.74 Å². The summed E-state index contributed by atoms with van der Waals surface area (Å²) >= 11 is 2.05. The lowest BCUT2D eigenvalue weighted by atomic mass is 9.97. The van der Waals surface area contributed by atoms with Crippen molar-refractivity contribution < 1.29 is 4.74 Å². The van der Waals surface area contributed by atoms with Crippen molar-refractivity contribution in [1.82, 2.24) is 15.5 Å². The molecule has 2 heterocycles. The fourth-order valence-electron chi connectivity index (χ4n) is 3.12. The normalized spacial score (nSPS) is 24.1. The van der Waals surface area contributed by atoms with Crippen LogP contribution in [0.4, 0.5) is 0 Å². The average Bonchev–Trinajstić information content (AvgIpc) is 2.58. The predicted molar refractivity (Wildman–Crippen MR) is 111 cm³/mol. The largest absolute Gasteiger partial charge is 0.383 e. The second kappa shape index (κ2) is 12.6. The van der Waals surface area contributed by atoms with Gasteiger partial charge in [0.05, 0.1) is 6.61 Å². The molecule has 5 nitrogen and oxygen atoms in total. The Morgan fingerprint density at radius 1 is 1.30 bits per heavy atom. The fourth-order valence-corrected chi connectivity index (χ4v) is 4.19. The minimum atomic E-state index is 0. The third-order valence-electron chi connectivity index (χ3n) is 4.60. The van der Waals surface area contributed by atoms with Gasteiger partial charge in [-0.3, -0.25) is 4.99 Å². The third-order valence-corrected chi connectivity index (χ3v) is 5.82. The zero-order valence-electron chi connectivity index (χ0n) is 14.6. The quantitative estimate of drug-likeness (QED) is 0.364. The van der Waals surface area contributed by atoms with Crippen LogP contribution in [0, 0.1) is 5.92 Å². The van der Waals surface area contributed by atoms with Gasteiger partial charge in [-0.1, -0.05) is 0 Å². The Morgan fingerprint density at radius 3 is 2.70 bits per heavy atom. The molecular weight excluding hydrogens is 423 g/mol. The topological polar surface area (TPSA) is 48.9 Å². The first-order valence-electron chi connectivity index (χ1n) is 8.58. The number of hydrogen-bond acceptors (Lipinski definition) is 4. The van der Waals surface area contributed by atoms with E-state index < -0.39 is 0 Å². The smallest absolute Gasteiger partial charge is 0.191 e. The molecule has 2 fully saturated rings. The maximum absolute atomic E-state index is 5.16. The molecule has 0 aromatic rings. The summed E-state index contributed by atoms with van der Waals surface area (Å²) in [7, 11) is 3.65. The Labute approximate surface area is 162 Å². The molecule has 1 atom stereocenters. The van der Waals surface area contributed by atoms with E-state index in [1.54, 1.807) is 7.11 Å². The van der Waals surface area contributed by atoms with Crippen molar-refractivity contribution >= 4 is 41.7 Å². The Hall–Kier alpha value is 0.270. The van der Waals surface area contributed by atoms with E-state index in [9.17, 15) is 0 Å². The van der Waals surface area contributed by atoms with Gasteiger partial charge in [0.1, 0.15) is 0 Å². The number of hydrogen-bond donors (Lipinski definition) is 2. The predicted octanol–water partition coefficient (Wildman–Crippen LogP) is 2.02. The van der Waals surface area contributed by atoms with Crippen LogP contribution in [0.15, 0.2) is 4.99 Å². The van der Waals surface area contributed by atoms with Gasteiger partial charge in [-0.15, -0.1) is 24.0 Å². The van der Waals surface area contributed by atoms with Crippen molar-refractivity contribution in [2.45, 2.75) is 31.7 Å². The van der Waals surface area contributed by atoms with E-state index in [2.05, 4.69) is 20.5 Å². The summed E-state index contributed by atoms with van der Waals surface area (Å²) in [5.41, 5.74) is 0. The minimum absolute atomic E-state index is 0. The summed E-state index contributed by atoms with van der Waals surface area (Å²) in [6.07, 6.45) is 5.13. The van der Waals surface area contributed by atoms with Gasteiger partial charge in [-0.05, 0) is 50.4 Å². The van der Waals surface area contributed by atoms with E-state index in [1.165, 1.54) is 50.3 Å². The highest BCUT2D eigenvalue weighted by Gasteiger charge is 2.20. The third kappa shape index (κ3) is 8.27. The number of aliphatic imine (C=N–C) groups is 1. The molecule has 0 radical (unpaired) electrons. The molecule has 2 rings (SSSR count). The van der Waals surface area contributed by atoms with E-state index in [0.29, 0.717) is 6.04 Å². The van der Waals surface area contributed by atoms with Gasteiger partial charge in [-0.2, -0.15) is 11.8 Å². The summed E-state index contributed by atoms with van der Waals surface area (Å²) in [5.74, 6) is 4.26. The van der Waals surface area contributed by atoms with Crippen LogP contribution < -0.4 is 10.6 Å². The van der Waals surface area contributed by atoms with E-state index in [4.69, 9.17) is 4.74 Å². The van der Waals surface area contributed by atoms with Crippen LogP contribution in [0.5, 0.6) is 0 Å². The standard InChI is InChI=1S/C16H32N4OS.HI/c1-17-16(19-15-4-3-11-22-13-15)18-12-14-5-7-20(8-6-14)9-10-21-2;/h14-15H,3-13H2,1-2H3,(H2,17,18,19);1H. The number of rotatable bonds is 6. The van der Waals surface area contributed by atoms with Crippen LogP contribution in [0.1, 0.15) is 25.7 Å². The molecule has 0 amide bonds. The Bertz CT molecular complexity index is 332. The number of nitrogens with one attached hydrogen (secondary N) is 2. The number of halogens is 1. The molecular formula is C16H33IN4OS.